The van der Waals surface area contributed by atoms with E-state index in [4.69, 9.17) is 23.2 Å². The van der Waals surface area contributed by atoms with Crippen LogP contribution in [0.3, 0.4) is 0 Å². The Balaban J connectivity index is 1.61. The minimum Gasteiger partial charge on any atom is -0.314 e. The average molecular weight is 366 g/mol. The lowest BCUT2D eigenvalue weighted by Gasteiger charge is -2.36. The Morgan fingerprint density at radius 1 is 1.25 bits per heavy atom. The topological polar surface area (TPSA) is 45.2 Å². The maximum atomic E-state index is 14.0. The predicted molar refractivity (Wildman–Crippen MR) is 91.0 cm³/mol. The second-order valence-corrected chi connectivity index (χ2v) is 6.92. The van der Waals surface area contributed by atoms with Crippen LogP contribution >= 0.6 is 23.2 Å². The van der Waals surface area contributed by atoms with Crippen molar-refractivity contribution in [2.24, 2.45) is 0 Å². The highest BCUT2D eigenvalue weighted by atomic mass is 35.5. The van der Waals surface area contributed by atoms with Crippen molar-refractivity contribution in [3.63, 3.8) is 0 Å². The molecule has 0 aliphatic carbocycles. The summed E-state index contributed by atoms with van der Waals surface area (Å²) in [7, 11) is 0. The molecular weight excluding hydrogens is 352 g/mol. The Morgan fingerprint density at radius 3 is 2.88 bits per heavy atom. The third kappa shape index (κ3) is 2.52. The van der Waals surface area contributed by atoms with E-state index in [1.165, 1.54) is 6.20 Å². The SMILES string of the molecule is O=C(Nc1ccc(Cl)c(Cl)c1)N1C2CCC1c1cncc(F)c1C2. The number of carbonyl (C=O) groups excluding carboxylic acids is 1. The number of anilines is 1. The Hall–Kier alpha value is -1.85. The smallest absolute Gasteiger partial charge is 0.314 e. The van der Waals surface area contributed by atoms with Gasteiger partial charge in [0.1, 0.15) is 5.82 Å². The van der Waals surface area contributed by atoms with Gasteiger partial charge in [0, 0.05) is 17.9 Å². The van der Waals surface area contributed by atoms with Gasteiger partial charge in [0.2, 0.25) is 0 Å². The number of nitrogens with zero attached hydrogens (tertiary/aromatic N) is 2. The lowest BCUT2D eigenvalue weighted by atomic mass is 9.95. The summed E-state index contributed by atoms with van der Waals surface area (Å²) in [4.78, 5) is 18.5. The van der Waals surface area contributed by atoms with Gasteiger partial charge in [-0.25, -0.2) is 9.18 Å². The summed E-state index contributed by atoms with van der Waals surface area (Å²) < 4.78 is 14.0. The average Bonchev–Trinajstić information content (AvgIpc) is 2.87. The summed E-state index contributed by atoms with van der Waals surface area (Å²) in [5, 5.41) is 3.67. The number of benzene rings is 1. The molecule has 1 saturated heterocycles. The van der Waals surface area contributed by atoms with Gasteiger partial charge in [0.05, 0.1) is 22.3 Å². The van der Waals surface area contributed by atoms with Crippen molar-refractivity contribution in [3.05, 3.63) is 57.6 Å². The van der Waals surface area contributed by atoms with Crippen LogP contribution < -0.4 is 5.32 Å². The summed E-state index contributed by atoms with van der Waals surface area (Å²) in [6.07, 6.45) is 5.11. The lowest BCUT2D eigenvalue weighted by molar-refractivity contribution is 0.178. The van der Waals surface area contributed by atoms with E-state index < -0.39 is 0 Å². The highest BCUT2D eigenvalue weighted by Crippen LogP contribution is 2.44. The van der Waals surface area contributed by atoms with E-state index in [1.54, 1.807) is 29.3 Å². The lowest BCUT2D eigenvalue weighted by Crippen LogP contribution is -2.44. The zero-order valence-electron chi connectivity index (χ0n) is 12.6. The first-order chi connectivity index (χ1) is 11.5. The Labute approximate surface area is 148 Å². The van der Waals surface area contributed by atoms with Crippen molar-refractivity contribution in [3.8, 4) is 0 Å². The quantitative estimate of drug-likeness (QED) is 0.787. The van der Waals surface area contributed by atoms with Crippen LogP contribution in [0.25, 0.3) is 0 Å². The number of hydrogen-bond donors (Lipinski definition) is 1. The van der Waals surface area contributed by atoms with Gasteiger partial charge in [-0.1, -0.05) is 23.2 Å². The first-order valence-corrected chi connectivity index (χ1v) is 8.47. The molecule has 2 aromatic rings. The summed E-state index contributed by atoms with van der Waals surface area (Å²) in [6, 6.07) is 4.61. The molecule has 7 heteroatoms. The molecule has 0 spiro atoms. The maximum Gasteiger partial charge on any atom is 0.322 e. The van der Waals surface area contributed by atoms with Crippen molar-refractivity contribution >= 4 is 34.9 Å². The van der Waals surface area contributed by atoms with Gasteiger partial charge in [0.15, 0.2) is 0 Å². The van der Waals surface area contributed by atoms with Gasteiger partial charge in [-0.05, 0) is 48.6 Å². The van der Waals surface area contributed by atoms with Crippen molar-refractivity contribution < 1.29 is 9.18 Å². The van der Waals surface area contributed by atoms with E-state index in [1.807, 2.05) is 0 Å². The molecule has 2 unspecified atom stereocenters. The van der Waals surface area contributed by atoms with Crippen LogP contribution in [0.5, 0.6) is 0 Å². The fourth-order valence-electron chi connectivity index (χ4n) is 3.67. The number of amides is 2. The molecule has 2 amide bonds. The molecule has 1 fully saturated rings. The third-order valence-electron chi connectivity index (χ3n) is 4.74. The maximum absolute atomic E-state index is 14.0. The minimum absolute atomic E-state index is 0.00201. The highest BCUT2D eigenvalue weighted by molar-refractivity contribution is 6.42. The van der Waals surface area contributed by atoms with Crippen LogP contribution in [-0.4, -0.2) is 22.0 Å². The molecule has 1 aromatic heterocycles. The molecule has 0 saturated carbocycles. The number of halogens is 3. The van der Waals surface area contributed by atoms with Gasteiger partial charge in [0.25, 0.3) is 0 Å². The van der Waals surface area contributed by atoms with Crippen LogP contribution in [0.1, 0.15) is 30.0 Å². The van der Waals surface area contributed by atoms with Crippen LogP contribution in [0, 0.1) is 5.82 Å². The van der Waals surface area contributed by atoms with Gasteiger partial charge in [-0.15, -0.1) is 0 Å². The fourth-order valence-corrected chi connectivity index (χ4v) is 3.97. The molecule has 2 atom stereocenters. The molecule has 4 nitrogen and oxygen atoms in total. The summed E-state index contributed by atoms with van der Waals surface area (Å²) in [5.74, 6) is -0.283. The molecule has 2 aliphatic rings. The van der Waals surface area contributed by atoms with Crippen molar-refractivity contribution in [2.45, 2.75) is 31.3 Å². The second-order valence-electron chi connectivity index (χ2n) is 6.11. The Kier molecular flexibility index (Phi) is 3.85. The van der Waals surface area contributed by atoms with Crippen molar-refractivity contribution in [1.82, 2.24) is 9.88 Å². The molecular formula is C17H14Cl2FN3O. The van der Waals surface area contributed by atoms with Gasteiger partial charge in [-0.3, -0.25) is 4.98 Å². The monoisotopic (exact) mass is 365 g/mol. The number of fused-ring (bicyclic) bond motifs is 4. The third-order valence-corrected chi connectivity index (χ3v) is 5.48. The second kappa shape index (κ2) is 5.90. The highest BCUT2D eigenvalue weighted by Gasteiger charge is 2.43. The van der Waals surface area contributed by atoms with Crippen molar-refractivity contribution in [1.29, 1.82) is 0 Å². The number of rotatable bonds is 1. The van der Waals surface area contributed by atoms with Gasteiger partial charge < -0.3 is 10.2 Å². The number of aromatic nitrogens is 1. The first kappa shape index (κ1) is 15.7. The Bertz CT molecular complexity index is 829. The van der Waals surface area contributed by atoms with E-state index in [0.29, 0.717) is 27.7 Å². The van der Waals surface area contributed by atoms with Crippen LogP contribution in [0.2, 0.25) is 10.0 Å². The van der Waals surface area contributed by atoms with Crippen molar-refractivity contribution in [2.75, 3.05) is 5.32 Å². The summed E-state index contributed by atoms with van der Waals surface area (Å²) in [6.45, 7) is 0. The van der Waals surface area contributed by atoms with Crippen LogP contribution in [0.4, 0.5) is 14.9 Å². The molecule has 4 rings (SSSR count). The van der Waals surface area contributed by atoms with Gasteiger partial charge >= 0.3 is 6.03 Å². The number of urea groups is 1. The molecule has 0 radical (unpaired) electrons. The summed E-state index contributed by atoms with van der Waals surface area (Å²) in [5.41, 5.74) is 2.08. The minimum atomic E-state index is -0.283. The number of carbonyl (C=O) groups is 1. The van der Waals surface area contributed by atoms with Gasteiger partial charge in [-0.2, -0.15) is 0 Å². The first-order valence-electron chi connectivity index (χ1n) is 7.71. The zero-order valence-corrected chi connectivity index (χ0v) is 14.1. The standard InChI is InChI=1S/C17H14Cl2FN3O/c18-13-3-1-9(5-14(13)19)22-17(24)23-10-2-4-16(23)12-7-21-8-15(20)11(12)6-10/h1,3,5,7-8,10,16H,2,4,6H2,(H,22,24). The number of pyridine rings is 1. The number of nitrogens with one attached hydrogen (secondary N) is 1. The fraction of sp³-hybridized carbons (Fsp3) is 0.294. The normalized spacial score (nSPS) is 21.5. The van der Waals surface area contributed by atoms with E-state index in [2.05, 4.69) is 10.3 Å². The molecule has 2 aliphatic heterocycles. The largest absolute Gasteiger partial charge is 0.322 e. The number of hydrogen-bond acceptors (Lipinski definition) is 2. The van der Waals surface area contributed by atoms with E-state index in [-0.39, 0.29) is 23.9 Å². The predicted octanol–water partition coefficient (Wildman–Crippen LogP) is 4.82. The van der Waals surface area contributed by atoms with Crippen LogP contribution in [0.15, 0.2) is 30.6 Å². The van der Waals surface area contributed by atoms with E-state index in [0.717, 1.165) is 18.4 Å². The molecule has 1 N–H and O–H groups in total. The summed E-state index contributed by atoms with van der Waals surface area (Å²) >= 11 is 11.9. The zero-order chi connectivity index (χ0) is 16.8. The molecule has 124 valence electrons. The molecule has 3 heterocycles. The molecule has 1 aromatic carbocycles. The molecule has 2 bridgehead atoms. The van der Waals surface area contributed by atoms with E-state index in [9.17, 15) is 9.18 Å². The van der Waals surface area contributed by atoms with Crippen LogP contribution in [-0.2, 0) is 6.42 Å². The van der Waals surface area contributed by atoms with E-state index >= 15 is 0 Å². The Morgan fingerprint density at radius 2 is 2.08 bits per heavy atom. The molecule has 24 heavy (non-hydrogen) atoms.